The molecule has 0 bridgehead atoms. The molecular weight excluding hydrogens is 731 g/mol. The predicted molar refractivity (Wildman–Crippen MR) is 182 cm³/mol. The lowest BCUT2D eigenvalue weighted by Gasteiger charge is -2.37. The van der Waals surface area contributed by atoms with Gasteiger partial charge in [-0.05, 0) is 135 Å². The van der Waals surface area contributed by atoms with Crippen LogP contribution in [0.4, 0.5) is 35.1 Å². The summed E-state index contributed by atoms with van der Waals surface area (Å²) in [4.78, 5) is 0. The summed E-state index contributed by atoms with van der Waals surface area (Å²) in [7, 11) is 0. The van der Waals surface area contributed by atoms with Crippen molar-refractivity contribution in [2.75, 3.05) is 11.5 Å². The molecule has 0 heterocycles. The number of alkyl halides is 3. The average molecular weight is 793 g/mol. The Hall–Kier alpha value is -0.430. The molecule has 46 heavy (non-hydrogen) atoms. The zero-order valence-electron chi connectivity index (χ0n) is 27.2. The van der Waals surface area contributed by atoms with Crippen LogP contribution in [0.25, 0.3) is 0 Å². The van der Waals surface area contributed by atoms with Gasteiger partial charge in [-0.25, -0.2) is 17.6 Å². The summed E-state index contributed by atoms with van der Waals surface area (Å²) in [5, 5.41) is 9.51. The summed E-state index contributed by atoms with van der Waals surface area (Å²) in [6.45, 7) is 4.06. The summed E-state index contributed by atoms with van der Waals surface area (Å²) < 4.78 is 88.6. The van der Waals surface area contributed by atoms with E-state index in [1.807, 2.05) is 0 Å². The van der Waals surface area contributed by atoms with Gasteiger partial charge >= 0.3 is 0 Å². The molecule has 0 aliphatic heterocycles. The van der Waals surface area contributed by atoms with Crippen molar-refractivity contribution in [3.63, 3.8) is 0 Å². The van der Waals surface area contributed by atoms with Crippen molar-refractivity contribution < 1.29 is 45.0 Å². The van der Waals surface area contributed by atoms with E-state index < -0.39 is 31.7 Å². The van der Waals surface area contributed by atoms with Gasteiger partial charge in [-0.1, -0.05) is 59.8 Å². The number of hydrogen-bond donors (Lipinski definition) is 1. The first-order valence-corrected chi connectivity index (χ1v) is 18.3. The van der Waals surface area contributed by atoms with Gasteiger partial charge in [0.1, 0.15) is 4.68 Å². The molecule has 0 atom stereocenters. The van der Waals surface area contributed by atoms with Crippen LogP contribution >= 0.6 is 22.6 Å². The minimum atomic E-state index is -2.29. The molecule has 0 aromatic rings. The minimum absolute atomic E-state index is 0. The lowest BCUT2D eigenvalue weighted by molar-refractivity contribution is -0.0347. The second-order valence-corrected chi connectivity index (χ2v) is 13.2. The van der Waals surface area contributed by atoms with Crippen LogP contribution in [-0.2, 0) is 4.74 Å². The second-order valence-electron chi connectivity index (χ2n) is 12.7. The number of rotatable bonds is 6. The highest BCUT2D eigenvalue weighted by molar-refractivity contribution is 14.1. The number of hydrogen-bond acceptors (Lipinski definition) is 2. The molecule has 0 radical (unpaired) electrons. The topological polar surface area (TPSA) is 29.5 Å². The molecule has 0 unspecified atom stereocenters. The Balaban J connectivity index is 0. The van der Waals surface area contributed by atoms with E-state index in [9.17, 15) is 40.2 Å². The van der Waals surface area contributed by atoms with Gasteiger partial charge in [-0.3, -0.25) is 0 Å². The van der Waals surface area contributed by atoms with Crippen LogP contribution in [0.1, 0.15) is 137 Å². The lowest BCUT2D eigenvalue weighted by atomic mass is 9.70. The van der Waals surface area contributed by atoms with Gasteiger partial charge in [-0.2, -0.15) is 17.6 Å². The fourth-order valence-corrected chi connectivity index (χ4v) is 7.52. The Morgan fingerprint density at radius 2 is 0.870 bits per heavy atom. The first kappa shape index (κ1) is 47.7. The molecule has 11 heteroatoms. The van der Waals surface area contributed by atoms with Crippen molar-refractivity contribution >= 4 is 22.6 Å². The largest absolute Gasteiger partial charge is 0.393 e. The van der Waals surface area contributed by atoms with Crippen LogP contribution in [-0.4, -0.2) is 28.9 Å². The lowest BCUT2D eigenvalue weighted by Crippen LogP contribution is -2.28. The van der Waals surface area contributed by atoms with E-state index in [4.69, 9.17) is 4.74 Å². The molecule has 0 amide bonds. The summed E-state index contributed by atoms with van der Waals surface area (Å²) in [6.07, 6.45) is 18.0. The maximum absolute atomic E-state index is 12.1. The molecule has 1 N–H and O–H groups in total. The number of halogens is 9. The van der Waals surface area contributed by atoms with Crippen LogP contribution < -0.4 is 0 Å². The molecule has 4 fully saturated rings. The Bertz CT molecular complexity index is 704. The van der Waals surface area contributed by atoms with Crippen LogP contribution in [0.5, 0.6) is 0 Å². The van der Waals surface area contributed by atoms with Crippen molar-refractivity contribution in [3.05, 3.63) is 24.8 Å². The first-order valence-electron chi connectivity index (χ1n) is 16.8. The van der Waals surface area contributed by atoms with E-state index in [-0.39, 0.29) is 24.3 Å². The Morgan fingerprint density at radius 3 is 1.11 bits per heavy atom. The fraction of sp³-hybridized carbons (Fsp3) is 0.886. The highest BCUT2D eigenvalue weighted by Crippen LogP contribution is 2.42. The number of aliphatic hydroxyl groups excluding tert-OH is 1. The molecule has 0 saturated heterocycles. The highest BCUT2D eigenvalue weighted by atomic mass is 127. The van der Waals surface area contributed by atoms with Crippen molar-refractivity contribution in [1.29, 1.82) is 0 Å². The van der Waals surface area contributed by atoms with Gasteiger partial charge in [-0.15, -0.1) is 0 Å². The third kappa shape index (κ3) is 23.0. The van der Waals surface area contributed by atoms with Gasteiger partial charge in [0.25, 0.3) is 12.2 Å². The molecule has 4 aliphatic carbocycles. The third-order valence-corrected chi connectivity index (χ3v) is 10.2. The van der Waals surface area contributed by atoms with Crippen molar-refractivity contribution in [2.45, 2.75) is 149 Å². The Kier molecular flexibility index (Phi) is 31.7. The van der Waals surface area contributed by atoms with Crippen LogP contribution in [0.3, 0.4) is 0 Å². The summed E-state index contributed by atoms with van der Waals surface area (Å²) >= 11 is 1.62. The van der Waals surface area contributed by atoms with Crippen molar-refractivity contribution in [3.8, 4) is 0 Å². The quantitative estimate of drug-likeness (QED) is 0.165. The number of ether oxygens (including phenoxy) is 1. The molecule has 0 aromatic carbocycles. The fourth-order valence-electron chi connectivity index (χ4n) is 7.52. The molecule has 4 saturated carbocycles. The van der Waals surface area contributed by atoms with Gasteiger partial charge < -0.3 is 9.84 Å². The minimum Gasteiger partial charge on any atom is -0.393 e. The zero-order chi connectivity index (χ0) is 34.0. The standard InChI is InChI=1S/C15H27FO.C14H26O.2C2HF3.CH2FI.CH4/c1-2-12-3-5-13(6-4-12)14-7-9-15(10-8-14)17-11-16;1-2-11-3-5-12(6-4-11)13-7-9-14(15)10-8-13;2*3-1-2(4)5;2-1-3;/h12-15H,2-11H2,1H3;11-15H,2-10H2,1H3;2*1H;1H2;1H4. The maximum Gasteiger partial charge on any atom is 0.298 e. The average Bonchev–Trinajstić information content (AvgIpc) is 3.07. The van der Waals surface area contributed by atoms with Gasteiger partial charge in [0, 0.05) is 0 Å². The van der Waals surface area contributed by atoms with E-state index in [0.29, 0.717) is 0 Å². The predicted octanol–water partition coefficient (Wildman–Crippen LogP) is 13.8. The molecule has 276 valence electrons. The molecule has 4 aliphatic rings. The van der Waals surface area contributed by atoms with E-state index >= 15 is 0 Å². The maximum atomic E-state index is 12.1. The molecule has 4 rings (SSSR count). The normalized spacial score (nSPS) is 30.3. The SMILES string of the molecule is C.CCC1CCC(C2CCC(O)CC2)CC1.CCC1CCC(C2CCC(OCF)CC2)CC1.FC=C(F)F.FC=C(F)F.FCI. The Labute approximate surface area is 287 Å². The molecule has 0 aromatic heterocycles. The summed E-state index contributed by atoms with van der Waals surface area (Å²) in [6, 6.07) is 0. The van der Waals surface area contributed by atoms with E-state index in [2.05, 4.69) is 13.8 Å². The Morgan fingerprint density at radius 1 is 0.609 bits per heavy atom. The van der Waals surface area contributed by atoms with E-state index in [1.54, 1.807) is 22.6 Å². The van der Waals surface area contributed by atoms with Crippen LogP contribution in [0.2, 0.25) is 0 Å². The van der Waals surface area contributed by atoms with E-state index in [1.165, 1.54) is 89.9 Å². The second kappa shape index (κ2) is 30.6. The van der Waals surface area contributed by atoms with Gasteiger partial charge in [0.2, 0.25) is 0 Å². The smallest absolute Gasteiger partial charge is 0.298 e. The highest BCUT2D eigenvalue weighted by Gasteiger charge is 2.31. The molecule has 0 spiro atoms. The van der Waals surface area contributed by atoms with Crippen LogP contribution in [0, 0.1) is 35.5 Å². The van der Waals surface area contributed by atoms with E-state index in [0.717, 1.165) is 61.2 Å². The monoisotopic (exact) mass is 792 g/mol. The van der Waals surface area contributed by atoms with Gasteiger partial charge in [0.15, 0.2) is 19.5 Å². The van der Waals surface area contributed by atoms with Crippen LogP contribution in [0.15, 0.2) is 24.8 Å². The first-order chi connectivity index (χ1) is 21.6. The third-order valence-electron chi connectivity index (χ3n) is 10.2. The summed E-state index contributed by atoms with van der Waals surface area (Å²) in [5.74, 6) is 5.84. The van der Waals surface area contributed by atoms with Crippen molar-refractivity contribution in [1.82, 2.24) is 0 Å². The van der Waals surface area contributed by atoms with Gasteiger partial charge in [0.05, 0.1) is 12.2 Å². The zero-order valence-corrected chi connectivity index (χ0v) is 29.3. The molecular formula is C35H61F8IO2. The summed E-state index contributed by atoms with van der Waals surface area (Å²) in [5.41, 5.74) is 0. The van der Waals surface area contributed by atoms with Crippen molar-refractivity contribution in [2.24, 2.45) is 35.5 Å². The number of aliphatic hydroxyl groups is 1. The molecule has 2 nitrogen and oxygen atoms in total.